The van der Waals surface area contributed by atoms with Crippen molar-refractivity contribution in [2.45, 2.75) is 121 Å². The number of imidazole rings is 1. The molecule has 3 rings (SSSR count). The van der Waals surface area contributed by atoms with Crippen LogP contribution in [0.1, 0.15) is 109 Å². The molecule has 0 saturated carbocycles. The monoisotopic (exact) mass is 611 g/mol. The van der Waals surface area contributed by atoms with E-state index in [1.165, 1.54) is 94.3 Å². The topological polar surface area (TPSA) is 175 Å². The lowest BCUT2D eigenvalue weighted by molar-refractivity contribution is -0.0114. The normalized spacial score (nSPS) is 19.1. The molecule has 0 fully saturated rings. The van der Waals surface area contributed by atoms with Crippen molar-refractivity contribution < 1.29 is 33.7 Å². The third-order valence-corrected chi connectivity index (χ3v) is 8.89. The molecule has 2 unspecified atom stereocenters. The van der Waals surface area contributed by atoms with E-state index in [2.05, 4.69) is 21.9 Å². The van der Waals surface area contributed by atoms with Gasteiger partial charge in [-0.1, -0.05) is 90.4 Å². The summed E-state index contributed by atoms with van der Waals surface area (Å²) in [6.45, 7) is 3.24. The molecule has 4 atom stereocenters. The van der Waals surface area contributed by atoms with Gasteiger partial charge < -0.3 is 34.8 Å². The Kier molecular flexibility index (Phi) is 15.2. The summed E-state index contributed by atoms with van der Waals surface area (Å²) in [4.78, 5) is 22.4. The van der Waals surface area contributed by atoms with Crippen LogP contribution in [0.2, 0.25) is 0 Å². The number of nitrogens with zero attached hydrogens (tertiary/aromatic N) is 4. The Hall–Kier alpha value is -2.08. The average Bonchev–Trinajstić information content (AvgIpc) is 3.57. The van der Waals surface area contributed by atoms with Crippen molar-refractivity contribution in [1.82, 2.24) is 19.5 Å². The van der Waals surface area contributed by atoms with Crippen LogP contribution in [-0.4, -0.2) is 66.4 Å². The predicted molar refractivity (Wildman–Crippen MR) is 161 cm³/mol. The van der Waals surface area contributed by atoms with Gasteiger partial charge >= 0.3 is 7.60 Å². The van der Waals surface area contributed by atoms with E-state index >= 15 is 0 Å². The number of aliphatic hydroxyl groups excluding tert-OH is 2. The van der Waals surface area contributed by atoms with Gasteiger partial charge in [-0.15, -0.1) is 0 Å². The summed E-state index contributed by atoms with van der Waals surface area (Å²) in [6, 6.07) is 0. The minimum absolute atomic E-state index is 0.0643. The highest BCUT2D eigenvalue weighted by Crippen LogP contribution is 2.51. The zero-order valence-corrected chi connectivity index (χ0v) is 25.9. The predicted octanol–water partition coefficient (Wildman–Crippen LogP) is 5.59. The van der Waals surface area contributed by atoms with E-state index in [0.717, 1.165) is 18.9 Å². The molecule has 0 aromatic carbocycles. The number of aliphatic hydroxyl groups is 2. The molecule has 2 aromatic rings. The lowest BCUT2D eigenvalue weighted by Gasteiger charge is -2.21. The van der Waals surface area contributed by atoms with Gasteiger partial charge in [0.15, 0.2) is 11.5 Å². The van der Waals surface area contributed by atoms with Crippen LogP contribution in [0.15, 0.2) is 24.5 Å². The first-order valence-electron chi connectivity index (χ1n) is 15.6. The van der Waals surface area contributed by atoms with Gasteiger partial charge in [0, 0.05) is 13.2 Å². The molecule has 1 aliphatic heterocycles. The van der Waals surface area contributed by atoms with Crippen LogP contribution in [0.3, 0.4) is 0 Å². The van der Waals surface area contributed by atoms with Crippen molar-refractivity contribution in [3.63, 3.8) is 0 Å². The molecule has 0 radical (unpaired) electrons. The summed E-state index contributed by atoms with van der Waals surface area (Å²) in [5.41, 5.74) is 6.44. The van der Waals surface area contributed by atoms with Crippen molar-refractivity contribution in [2.75, 3.05) is 25.6 Å². The van der Waals surface area contributed by atoms with Crippen LogP contribution in [0.4, 0.5) is 5.82 Å². The van der Waals surface area contributed by atoms with Crippen LogP contribution in [0.5, 0.6) is 0 Å². The number of ether oxygens (including phenoxy) is 2. The number of aromatic nitrogens is 4. The molecular formula is C29H50N5O7P. The molecule has 0 bridgehead atoms. The van der Waals surface area contributed by atoms with Gasteiger partial charge in [0.25, 0.3) is 0 Å². The summed E-state index contributed by atoms with van der Waals surface area (Å²) in [5.74, 6) is -2.06. The molecule has 2 aromatic heterocycles. The molecule has 0 aliphatic carbocycles. The first kappa shape index (κ1) is 34.4. The van der Waals surface area contributed by atoms with Gasteiger partial charge in [-0.05, 0) is 18.9 Å². The van der Waals surface area contributed by atoms with E-state index in [1.54, 1.807) is 0 Å². The van der Waals surface area contributed by atoms with Crippen LogP contribution >= 0.6 is 7.60 Å². The average molecular weight is 612 g/mol. The van der Waals surface area contributed by atoms with Crippen molar-refractivity contribution in [3.8, 4) is 0 Å². The van der Waals surface area contributed by atoms with E-state index in [-0.39, 0.29) is 18.2 Å². The number of rotatable bonds is 23. The summed E-state index contributed by atoms with van der Waals surface area (Å²) in [5, 5.41) is 20.9. The second-order valence-electron chi connectivity index (χ2n) is 11.0. The van der Waals surface area contributed by atoms with Gasteiger partial charge in [-0.25, -0.2) is 15.0 Å². The highest BCUT2D eigenvalue weighted by molar-refractivity contribution is 7.53. The lowest BCUT2D eigenvalue weighted by Crippen LogP contribution is -2.21. The standard InChI is InChI=1S/C29H50N5O7P/c1-2-3-4-5-6-7-8-9-10-11-12-13-14-15-17-39-18-16-19-40-42(37,38)29(36)24-20-23(35)28(41-24)34-22-33-25-26(30)31-21-32-27(25)34/h20-23,28-29,35-36H,2-19H2,1H3,(H,37,38)(H2,30,31,32)/t23-,28-,29?/m1/s1. The largest absolute Gasteiger partial charge is 0.468 e. The van der Waals surface area contributed by atoms with Gasteiger partial charge in [-0.3, -0.25) is 9.13 Å². The summed E-state index contributed by atoms with van der Waals surface area (Å²) in [7, 11) is -4.49. The molecule has 42 heavy (non-hydrogen) atoms. The first-order valence-corrected chi connectivity index (χ1v) is 17.2. The Morgan fingerprint density at radius 3 is 2.17 bits per heavy atom. The van der Waals surface area contributed by atoms with Crippen LogP contribution in [0.25, 0.3) is 11.2 Å². The maximum Gasteiger partial charge on any atom is 0.364 e. The van der Waals surface area contributed by atoms with Crippen molar-refractivity contribution in [3.05, 3.63) is 24.5 Å². The second-order valence-corrected chi connectivity index (χ2v) is 12.9. The maximum atomic E-state index is 12.6. The summed E-state index contributed by atoms with van der Waals surface area (Å²) < 4.78 is 30.4. The lowest BCUT2D eigenvalue weighted by atomic mass is 10.0. The Labute approximate surface area is 249 Å². The van der Waals surface area contributed by atoms with Crippen molar-refractivity contribution in [2.24, 2.45) is 0 Å². The molecular weight excluding hydrogens is 561 g/mol. The van der Waals surface area contributed by atoms with Gasteiger partial charge in [0.1, 0.15) is 30.0 Å². The van der Waals surface area contributed by atoms with Gasteiger partial charge in [0.05, 0.1) is 6.61 Å². The van der Waals surface area contributed by atoms with E-state index < -0.39 is 25.8 Å². The van der Waals surface area contributed by atoms with E-state index in [1.807, 2.05) is 0 Å². The number of hydrogen-bond acceptors (Lipinski definition) is 10. The molecule has 5 N–H and O–H groups in total. The van der Waals surface area contributed by atoms with E-state index in [9.17, 15) is 19.7 Å². The van der Waals surface area contributed by atoms with Crippen LogP contribution < -0.4 is 5.73 Å². The Balaban J connectivity index is 1.20. The first-order chi connectivity index (χ1) is 20.3. The maximum absolute atomic E-state index is 12.6. The molecule has 0 saturated heterocycles. The number of nitrogens with two attached hydrogens (primary N) is 1. The molecule has 0 spiro atoms. The third-order valence-electron chi connectivity index (χ3n) is 7.46. The zero-order valence-electron chi connectivity index (χ0n) is 25.0. The number of unbranched alkanes of at least 4 members (excludes halogenated alkanes) is 13. The fourth-order valence-corrected chi connectivity index (χ4v) is 6.01. The summed E-state index contributed by atoms with van der Waals surface area (Å²) >= 11 is 0. The molecule has 12 nitrogen and oxygen atoms in total. The Bertz CT molecular complexity index is 1130. The number of anilines is 1. The van der Waals surface area contributed by atoms with Crippen LogP contribution in [0, 0.1) is 0 Å². The Morgan fingerprint density at radius 2 is 1.52 bits per heavy atom. The minimum atomic E-state index is -4.49. The fourth-order valence-electron chi connectivity index (χ4n) is 5.01. The van der Waals surface area contributed by atoms with Crippen LogP contribution in [-0.2, 0) is 18.6 Å². The highest BCUT2D eigenvalue weighted by Gasteiger charge is 2.41. The van der Waals surface area contributed by atoms with Gasteiger partial charge in [0.2, 0.25) is 12.1 Å². The second kappa shape index (κ2) is 18.6. The third kappa shape index (κ3) is 10.9. The molecule has 0 amide bonds. The number of fused-ring (bicyclic) bond motifs is 1. The summed E-state index contributed by atoms with van der Waals surface area (Å²) in [6.07, 6.45) is 20.2. The molecule has 13 heteroatoms. The molecule has 3 heterocycles. The quantitative estimate of drug-likeness (QED) is 0.0910. The SMILES string of the molecule is CCCCCCCCCCCCCCCCOCCCOP(=O)(O)C(O)C1=C[C@@H](O)[C@H](n2cnc3c(N)ncnc32)O1. The molecule has 1 aliphatic rings. The zero-order chi connectivity index (χ0) is 30.2. The highest BCUT2D eigenvalue weighted by atomic mass is 31.2. The van der Waals surface area contributed by atoms with E-state index in [4.69, 9.17) is 19.7 Å². The van der Waals surface area contributed by atoms with Crippen molar-refractivity contribution in [1.29, 1.82) is 0 Å². The van der Waals surface area contributed by atoms with Gasteiger partial charge in [-0.2, -0.15) is 0 Å². The van der Waals surface area contributed by atoms with Crippen molar-refractivity contribution >= 4 is 24.6 Å². The number of hydrogen-bond donors (Lipinski definition) is 4. The minimum Gasteiger partial charge on any atom is -0.468 e. The molecule has 238 valence electrons. The smallest absolute Gasteiger partial charge is 0.364 e. The Morgan fingerprint density at radius 1 is 0.929 bits per heavy atom. The fraction of sp³-hybridized carbons (Fsp3) is 0.759. The van der Waals surface area contributed by atoms with E-state index in [0.29, 0.717) is 30.8 Å². The number of nitrogen functional groups attached to an aromatic ring is 1.